The van der Waals surface area contributed by atoms with Crippen molar-refractivity contribution in [2.45, 2.75) is 95.8 Å². The molecular weight excluding hydrogens is 444 g/mol. The van der Waals surface area contributed by atoms with Crippen molar-refractivity contribution in [2.24, 2.45) is 23.7 Å². The molecule has 0 aromatic heterocycles. The van der Waals surface area contributed by atoms with Gasteiger partial charge in [0, 0.05) is 5.92 Å². The Balaban J connectivity index is 0.000000148. The molecule has 0 aliphatic heterocycles. The molecule has 4 atom stereocenters. The van der Waals surface area contributed by atoms with E-state index in [9.17, 15) is 9.59 Å². The summed E-state index contributed by atoms with van der Waals surface area (Å²) in [6, 6.07) is 18.1. The fraction of sp³-hybridized carbons (Fsp3) is 0.576. The zero-order valence-electron chi connectivity index (χ0n) is 21.8. The van der Waals surface area contributed by atoms with Crippen LogP contribution in [0.4, 0.5) is 0 Å². The Bertz CT molecular complexity index is 979. The number of hydrogen-bond acceptors (Lipinski definition) is 2. The van der Waals surface area contributed by atoms with Gasteiger partial charge >= 0.3 is 5.97 Å². The van der Waals surface area contributed by atoms with E-state index in [0.717, 1.165) is 56.3 Å². The lowest BCUT2D eigenvalue weighted by molar-refractivity contribution is -0.141. The Morgan fingerprint density at radius 3 is 1.56 bits per heavy atom. The van der Waals surface area contributed by atoms with Gasteiger partial charge in [-0.15, -0.1) is 0 Å². The number of carbonyl (C=O) groups excluding carboxylic acids is 1. The smallest absolute Gasteiger partial charge is 0.306 e. The van der Waals surface area contributed by atoms with Gasteiger partial charge in [-0.2, -0.15) is 0 Å². The fourth-order valence-electron chi connectivity index (χ4n) is 6.56. The molecule has 192 valence electrons. The van der Waals surface area contributed by atoms with Crippen molar-refractivity contribution in [1.82, 2.24) is 0 Å². The van der Waals surface area contributed by atoms with Crippen LogP contribution in [-0.2, 0) is 22.4 Å². The summed E-state index contributed by atoms with van der Waals surface area (Å²) in [5.74, 6) is 2.99. The predicted molar refractivity (Wildman–Crippen MR) is 144 cm³/mol. The molecule has 0 radical (unpaired) electrons. The van der Waals surface area contributed by atoms with Crippen LogP contribution >= 0.6 is 0 Å². The molecule has 2 aromatic rings. The van der Waals surface area contributed by atoms with Crippen molar-refractivity contribution < 1.29 is 14.7 Å². The quantitative estimate of drug-likeness (QED) is 0.415. The van der Waals surface area contributed by atoms with Gasteiger partial charge in [0.25, 0.3) is 0 Å². The Hall–Kier alpha value is -2.42. The molecule has 3 heteroatoms. The summed E-state index contributed by atoms with van der Waals surface area (Å²) in [5, 5.41) is 9.02. The summed E-state index contributed by atoms with van der Waals surface area (Å²) in [6.45, 7) is 1.75. The summed E-state index contributed by atoms with van der Waals surface area (Å²) in [4.78, 5) is 22.3. The molecule has 4 aliphatic rings. The third-order valence-corrected chi connectivity index (χ3v) is 9.05. The molecule has 0 bridgehead atoms. The first-order chi connectivity index (χ1) is 17.4. The molecule has 0 amide bonds. The number of carbonyl (C=O) groups is 2. The van der Waals surface area contributed by atoms with Crippen LogP contribution in [0.5, 0.6) is 0 Å². The van der Waals surface area contributed by atoms with Gasteiger partial charge in [-0.05, 0) is 130 Å². The van der Waals surface area contributed by atoms with Crippen LogP contribution in [0.25, 0.3) is 0 Å². The lowest BCUT2D eigenvalue weighted by Gasteiger charge is -2.11. The first-order valence-electron chi connectivity index (χ1n) is 14.4. The first kappa shape index (κ1) is 25.2. The highest BCUT2D eigenvalue weighted by Gasteiger charge is 2.30. The fourth-order valence-corrected chi connectivity index (χ4v) is 6.56. The van der Waals surface area contributed by atoms with Crippen molar-refractivity contribution in [3.8, 4) is 0 Å². The summed E-state index contributed by atoms with van der Waals surface area (Å²) in [7, 11) is 0. The molecule has 2 aromatic carbocycles. The minimum atomic E-state index is -0.607. The van der Waals surface area contributed by atoms with Gasteiger partial charge in [-0.3, -0.25) is 9.59 Å². The number of Topliss-reactive ketones (excluding diaryl/α,β-unsaturated/α-hetero) is 1. The van der Waals surface area contributed by atoms with Crippen LogP contribution in [0.1, 0.15) is 105 Å². The van der Waals surface area contributed by atoms with E-state index in [1.165, 1.54) is 60.8 Å². The van der Waals surface area contributed by atoms with E-state index in [1.807, 2.05) is 0 Å². The number of ketones is 1. The predicted octanol–water partition coefficient (Wildman–Crippen LogP) is 7.72. The molecule has 36 heavy (non-hydrogen) atoms. The Kier molecular flexibility index (Phi) is 7.93. The van der Waals surface area contributed by atoms with Crippen LogP contribution in [-0.4, -0.2) is 16.9 Å². The normalized spacial score (nSPS) is 27.4. The largest absolute Gasteiger partial charge is 0.481 e. The molecule has 4 aliphatic carbocycles. The van der Waals surface area contributed by atoms with Crippen LogP contribution in [0.15, 0.2) is 48.5 Å². The Morgan fingerprint density at radius 2 is 1.17 bits per heavy atom. The van der Waals surface area contributed by atoms with E-state index in [2.05, 4.69) is 48.5 Å². The van der Waals surface area contributed by atoms with Gasteiger partial charge in [0.2, 0.25) is 0 Å². The summed E-state index contributed by atoms with van der Waals surface area (Å²) in [6.07, 6.45) is 13.9. The average Bonchev–Trinajstić information content (AvgIpc) is 3.80. The monoisotopic (exact) mass is 486 g/mol. The van der Waals surface area contributed by atoms with E-state index in [4.69, 9.17) is 5.11 Å². The van der Waals surface area contributed by atoms with Crippen molar-refractivity contribution >= 4 is 11.8 Å². The molecule has 3 nitrogen and oxygen atoms in total. The van der Waals surface area contributed by atoms with E-state index in [1.54, 1.807) is 6.92 Å². The number of aliphatic carboxylic acids is 1. The Morgan fingerprint density at radius 1 is 0.694 bits per heavy atom. The molecular formula is C33H42O3. The van der Waals surface area contributed by atoms with Crippen molar-refractivity contribution in [2.75, 3.05) is 0 Å². The molecule has 0 saturated heterocycles. The maximum absolute atomic E-state index is 11.4. The SMILES string of the molecule is CC(=O)[C@@H]1CC[C@@H](Cc2cccc(C3CC3)c2)C1.O=C(O)[C@@H]1CC[C@@H](Cc2cccc(C3CC3)c2)C1. The van der Waals surface area contributed by atoms with Crippen LogP contribution in [0, 0.1) is 23.7 Å². The molecule has 4 fully saturated rings. The van der Waals surface area contributed by atoms with Crippen LogP contribution in [0.3, 0.4) is 0 Å². The maximum Gasteiger partial charge on any atom is 0.306 e. The highest BCUT2D eigenvalue weighted by molar-refractivity contribution is 5.78. The average molecular weight is 487 g/mol. The second kappa shape index (κ2) is 11.3. The van der Waals surface area contributed by atoms with Crippen molar-refractivity contribution in [3.05, 3.63) is 70.8 Å². The first-order valence-corrected chi connectivity index (χ1v) is 14.4. The van der Waals surface area contributed by atoms with Crippen LogP contribution in [0.2, 0.25) is 0 Å². The number of rotatable bonds is 8. The van der Waals surface area contributed by atoms with Gasteiger partial charge in [0.1, 0.15) is 5.78 Å². The number of carboxylic acid groups (broad SMARTS) is 1. The minimum Gasteiger partial charge on any atom is -0.481 e. The zero-order valence-corrected chi connectivity index (χ0v) is 21.8. The third kappa shape index (κ3) is 6.87. The third-order valence-electron chi connectivity index (χ3n) is 9.05. The van der Waals surface area contributed by atoms with Crippen molar-refractivity contribution in [1.29, 1.82) is 0 Å². The van der Waals surface area contributed by atoms with Crippen molar-refractivity contribution in [3.63, 3.8) is 0 Å². The van der Waals surface area contributed by atoms with Gasteiger partial charge in [0.05, 0.1) is 5.92 Å². The van der Waals surface area contributed by atoms with Crippen LogP contribution < -0.4 is 0 Å². The van der Waals surface area contributed by atoms with E-state index in [-0.39, 0.29) is 5.92 Å². The maximum atomic E-state index is 11.4. The molecule has 4 saturated carbocycles. The topological polar surface area (TPSA) is 54.4 Å². The van der Waals surface area contributed by atoms with Gasteiger partial charge in [0.15, 0.2) is 0 Å². The molecule has 0 heterocycles. The standard InChI is InChI=1S/C17H22O.C16H20O2/c1-12(18)16-6-5-14(10-16)9-13-3-2-4-17(11-13)15-7-8-15;17-16(18)15-5-4-12(10-15)8-11-2-1-3-14(9-11)13-6-7-13/h2-4,11,14-16H,5-10H2,1H3;1-3,9,12-13,15H,4-8,10H2,(H,17,18)/t14-,16+;12-,15+/m00/s1. The van der Waals surface area contributed by atoms with Gasteiger partial charge < -0.3 is 5.11 Å². The highest BCUT2D eigenvalue weighted by atomic mass is 16.4. The zero-order chi connectivity index (χ0) is 25.1. The summed E-state index contributed by atoms with van der Waals surface area (Å²) in [5.41, 5.74) is 5.90. The number of benzene rings is 2. The minimum absolute atomic E-state index is 0.0957. The number of carboxylic acids is 1. The lowest BCUT2D eigenvalue weighted by atomic mass is 9.94. The van der Waals surface area contributed by atoms with E-state index < -0.39 is 5.97 Å². The molecule has 6 rings (SSSR count). The van der Waals surface area contributed by atoms with Gasteiger partial charge in [-0.25, -0.2) is 0 Å². The molecule has 0 unspecified atom stereocenters. The summed E-state index contributed by atoms with van der Waals surface area (Å²) < 4.78 is 0. The summed E-state index contributed by atoms with van der Waals surface area (Å²) >= 11 is 0. The van der Waals surface area contributed by atoms with Gasteiger partial charge in [-0.1, -0.05) is 48.5 Å². The lowest BCUT2D eigenvalue weighted by Crippen LogP contribution is -2.10. The highest BCUT2D eigenvalue weighted by Crippen LogP contribution is 2.42. The van der Waals surface area contributed by atoms with E-state index in [0.29, 0.717) is 17.6 Å². The molecule has 0 spiro atoms. The molecule has 1 N–H and O–H groups in total. The van der Waals surface area contributed by atoms with E-state index >= 15 is 0 Å². The Labute approximate surface area is 216 Å². The second-order valence-electron chi connectivity index (χ2n) is 12.1. The number of hydrogen-bond donors (Lipinski definition) is 1. The second-order valence-corrected chi connectivity index (χ2v) is 12.1.